The van der Waals surface area contributed by atoms with Crippen LogP contribution in [0.1, 0.15) is 37.8 Å². The SMILES string of the molecule is Cc1ccc(S(=O)(=O)NC(CCNC(=O)C2CC(C(C)(C)COc3ccc(NC(=O)Nc4ccccc4C)cc3)=NO2)C(=O)O)cc1. The van der Waals surface area contributed by atoms with Crippen LogP contribution in [0.3, 0.4) is 0 Å². The average molecular weight is 666 g/mol. The number of carboxylic acids is 1. The zero-order valence-electron chi connectivity index (χ0n) is 26.6. The van der Waals surface area contributed by atoms with Crippen molar-refractivity contribution in [3.05, 3.63) is 83.9 Å². The number of carbonyl (C=O) groups is 3. The van der Waals surface area contributed by atoms with Gasteiger partial charge in [0, 0.05) is 29.8 Å². The van der Waals surface area contributed by atoms with Crippen molar-refractivity contribution in [2.24, 2.45) is 10.6 Å². The summed E-state index contributed by atoms with van der Waals surface area (Å²) in [5.41, 5.74) is 3.13. The van der Waals surface area contributed by atoms with Crippen molar-refractivity contribution in [1.82, 2.24) is 10.0 Å². The molecule has 4 rings (SSSR count). The van der Waals surface area contributed by atoms with E-state index in [9.17, 15) is 27.9 Å². The molecule has 47 heavy (non-hydrogen) atoms. The molecule has 1 heterocycles. The first-order valence-corrected chi connectivity index (χ1v) is 16.4. The number of oxime groups is 1. The Balaban J connectivity index is 1.21. The van der Waals surface area contributed by atoms with E-state index in [4.69, 9.17) is 9.57 Å². The Kier molecular flexibility index (Phi) is 11.2. The van der Waals surface area contributed by atoms with Crippen molar-refractivity contribution < 1.29 is 37.5 Å². The molecule has 3 amide bonds. The second kappa shape index (κ2) is 15.1. The van der Waals surface area contributed by atoms with Gasteiger partial charge >= 0.3 is 12.0 Å². The van der Waals surface area contributed by atoms with Gasteiger partial charge in [-0.25, -0.2) is 13.2 Å². The summed E-state index contributed by atoms with van der Waals surface area (Å²) in [7, 11) is -4.07. The zero-order chi connectivity index (χ0) is 34.2. The van der Waals surface area contributed by atoms with Crippen LogP contribution in [0, 0.1) is 19.3 Å². The minimum absolute atomic E-state index is 0.0540. The number of hydrogen-bond donors (Lipinski definition) is 5. The molecule has 0 saturated heterocycles. The maximum Gasteiger partial charge on any atom is 0.323 e. The number of nitrogens with one attached hydrogen (secondary N) is 4. The molecular weight excluding hydrogens is 626 g/mol. The molecule has 250 valence electrons. The van der Waals surface area contributed by atoms with Crippen molar-refractivity contribution in [2.45, 2.75) is 57.6 Å². The normalized spacial score (nSPS) is 15.1. The number of amides is 3. The fraction of sp³-hybridized carbons (Fsp3) is 0.333. The Morgan fingerprint density at radius 2 is 1.68 bits per heavy atom. The smallest absolute Gasteiger partial charge is 0.323 e. The number of aliphatic carboxylic acids is 1. The van der Waals surface area contributed by atoms with Crippen LogP contribution in [0.5, 0.6) is 5.75 Å². The van der Waals surface area contributed by atoms with Gasteiger partial charge in [0.2, 0.25) is 16.1 Å². The van der Waals surface area contributed by atoms with Gasteiger partial charge in [0.25, 0.3) is 5.91 Å². The first kappa shape index (κ1) is 34.9. The second-order valence-electron chi connectivity index (χ2n) is 11.8. The molecule has 2 atom stereocenters. The number of sulfonamides is 1. The maximum atomic E-state index is 12.8. The monoisotopic (exact) mass is 665 g/mol. The van der Waals surface area contributed by atoms with Gasteiger partial charge in [-0.1, -0.05) is 54.9 Å². The van der Waals surface area contributed by atoms with Crippen LogP contribution in [0.2, 0.25) is 0 Å². The molecule has 0 saturated carbocycles. The summed E-state index contributed by atoms with van der Waals surface area (Å²) >= 11 is 0. The third-order valence-electron chi connectivity index (χ3n) is 7.51. The predicted molar refractivity (Wildman–Crippen MR) is 177 cm³/mol. The number of urea groups is 1. The molecule has 14 heteroatoms. The van der Waals surface area contributed by atoms with Crippen molar-refractivity contribution in [1.29, 1.82) is 0 Å². The van der Waals surface area contributed by atoms with Gasteiger partial charge in [-0.2, -0.15) is 4.72 Å². The number of rotatable bonds is 14. The highest BCUT2D eigenvalue weighted by Crippen LogP contribution is 2.28. The van der Waals surface area contributed by atoms with Crippen molar-refractivity contribution >= 4 is 45.0 Å². The van der Waals surface area contributed by atoms with E-state index in [1.54, 1.807) is 43.3 Å². The third-order valence-corrected chi connectivity index (χ3v) is 8.99. The van der Waals surface area contributed by atoms with Crippen LogP contribution in [0.25, 0.3) is 0 Å². The fourth-order valence-corrected chi connectivity index (χ4v) is 5.78. The lowest BCUT2D eigenvalue weighted by atomic mass is 9.85. The molecule has 13 nitrogen and oxygen atoms in total. The third kappa shape index (κ3) is 9.77. The maximum absolute atomic E-state index is 12.8. The van der Waals surface area contributed by atoms with Crippen LogP contribution in [-0.4, -0.2) is 62.4 Å². The van der Waals surface area contributed by atoms with Gasteiger partial charge in [-0.05, 0) is 68.3 Å². The number of nitrogens with zero attached hydrogens (tertiary/aromatic N) is 1. The molecule has 2 unspecified atom stereocenters. The van der Waals surface area contributed by atoms with Crippen molar-refractivity contribution in [2.75, 3.05) is 23.8 Å². The minimum atomic E-state index is -4.07. The number of anilines is 2. The molecule has 0 aromatic heterocycles. The van der Waals surface area contributed by atoms with Gasteiger partial charge in [0.15, 0.2) is 0 Å². The number of carbonyl (C=O) groups excluding carboxylic acids is 2. The largest absolute Gasteiger partial charge is 0.493 e. The van der Waals surface area contributed by atoms with Crippen LogP contribution in [0.4, 0.5) is 16.2 Å². The minimum Gasteiger partial charge on any atom is -0.493 e. The number of para-hydroxylation sites is 1. The first-order valence-electron chi connectivity index (χ1n) is 14.9. The lowest BCUT2D eigenvalue weighted by Gasteiger charge is -2.24. The second-order valence-corrected chi connectivity index (χ2v) is 13.5. The molecule has 3 aromatic rings. The van der Waals surface area contributed by atoms with Crippen molar-refractivity contribution in [3.63, 3.8) is 0 Å². The van der Waals surface area contributed by atoms with E-state index in [2.05, 4.69) is 25.8 Å². The summed E-state index contributed by atoms with van der Waals surface area (Å²) in [6, 6.07) is 18.6. The van der Waals surface area contributed by atoms with Crippen LogP contribution >= 0.6 is 0 Å². The van der Waals surface area contributed by atoms with Crippen molar-refractivity contribution in [3.8, 4) is 5.75 Å². The lowest BCUT2D eigenvalue weighted by Crippen LogP contribution is -2.44. The number of ether oxygens (including phenoxy) is 1. The van der Waals surface area contributed by atoms with E-state index < -0.39 is 39.5 Å². The van der Waals surface area contributed by atoms with Gasteiger partial charge in [0.05, 0.1) is 17.2 Å². The topological polar surface area (TPSA) is 185 Å². The van der Waals surface area contributed by atoms with E-state index in [0.29, 0.717) is 17.1 Å². The molecule has 0 radical (unpaired) electrons. The van der Waals surface area contributed by atoms with E-state index in [1.165, 1.54) is 12.1 Å². The zero-order valence-corrected chi connectivity index (χ0v) is 27.4. The molecule has 5 N–H and O–H groups in total. The number of hydrogen-bond acceptors (Lipinski definition) is 8. The highest BCUT2D eigenvalue weighted by molar-refractivity contribution is 7.89. The summed E-state index contributed by atoms with van der Waals surface area (Å²) in [5.74, 6) is -1.29. The number of benzene rings is 3. The fourth-order valence-electron chi connectivity index (χ4n) is 4.56. The molecule has 1 aliphatic heterocycles. The van der Waals surface area contributed by atoms with Gasteiger partial charge < -0.3 is 30.6 Å². The Hall–Kier alpha value is -4.95. The number of carboxylic acid groups (broad SMARTS) is 1. The Morgan fingerprint density at radius 3 is 2.34 bits per heavy atom. The summed E-state index contributed by atoms with van der Waals surface area (Å²) in [4.78, 5) is 42.2. The molecule has 0 bridgehead atoms. The quantitative estimate of drug-likeness (QED) is 0.167. The van der Waals surface area contributed by atoms with Gasteiger partial charge in [-0.3, -0.25) is 9.59 Å². The molecule has 3 aromatic carbocycles. The summed E-state index contributed by atoms with van der Waals surface area (Å²) < 4.78 is 33.4. The van der Waals surface area contributed by atoms with Crippen LogP contribution < -0.4 is 25.4 Å². The van der Waals surface area contributed by atoms with E-state index in [0.717, 1.165) is 16.8 Å². The Morgan fingerprint density at radius 1 is 1.00 bits per heavy atom. The van der Waals surface area contributed by atoms with Gasteiger partial charge in [-0.15, -0.1) is 0 Å². The average Bonchev–Trinajstić information content (AvgIpc) is 3.53. The van der Waals surface area contributed by atoms with E-state index >= 15 is 0 Å². The molecule has 0 aliphatic carbocycles. The van der Waals surface area contributed by atoms with E-state index in [1.807, 2.05) is 45.0 Å². The number of aryl methyl sites for hydroxylation is 2. The van der Waals surface area contributed by atoms with Gasteiger partial charge in [0.1, 0.15) is 11.8 Å². The molecular formula is C33H39N5O8S. The van der Waals surface area contributed by atoms with E-state index in [-0.39, 0.29) is 36.9 Å². The Labute approximate surface area is 273 Å². The Bertz CT molecular complexity index is 1720. The highest BCUT2D eigenvalue weighted by atomic mass is 32.2. The molecule has 1 aliphatic rings. The standard InChI is InChI=1S/C33H39N5O8S/c1-21-9-15-25(16-10-21)47(43,44)38-27(31(40)41)17-18-34-30(39)28-19-29(37-46-28)33(3,4)20-45-24-13-11-23(12-14-24)35-32(42)36-26-8-6-5-7-22(26)2/h5-16,27-28,38H,17-20H2,1-4H3,(H,34,39)(H,40,41)(H2,35,36,42). The highest BCUT2D eigenvalue weighted by Gasteiger charge is 2.37. The summed E-state index contributed by atoms with van der Waals surface area (Å²) in [6.45, 7) is 7.64. The summed E-state index contributed by atoms with van der Waals surface area (Å²) in [6.07, 6.45) is -0.908. The first-order chi connectivity index (χ1) is 22.2. The van der Waals surface area contributed by atoms with Crippen LogP contribution in [0.15, 0.2) is 82.8 Å². The lowest BCUT2D eigenvalue weighted by molar-refractivity contribution is -0.139. The molecule has 0 spiro atoms. The summed E-state index contributed by atoms with van der Waals surface area (Å²) in [5, 5.41) is 21.9. The van der Waals surface area contributed by atoms with Crippen LogP contribution in [-0.2, 0) is 24.4 Å². The predicted octanol–water partition coefficient (Wildman–Crippen LogP) is 4.44. The molecule has 0 fully saturated rings.